The van der Waals surface area contributed by atoms with Gasteiger partial charge in [0.1, 0.15) is 5.52 Å². The van der Waals surface area contributed by atoms with Gasteiger partial charge in [-0.05, 0) is 31.5 Å². The average molecular weight is 313 g/mol. The maximum atomic E-state index is 12.3. The number of carbonyl (C=O) groups is 1. The molecular formula is C13H13F2N3O2S. The Bertz CT molecular complexity index is 656. The van der Waals surface area contributed by atoms with Gasteiger partial charge in [0, 0.05) is 0 Å². The minimum Gasteiger partial charge on any atom is -0.432 e. The van der Waals surface area contributed by atoms with Crippen LogP contribution in [0.1, 0.15) is 12.8 Å². The Morgan fingerprint density at radius 3 is 3.10 bits per heavy atom. The Morgan fingerprint density at radius 1 is 1.52 bits per heavy atom. The molecule has 0 radical (unpaired) electrons. The number of thiazole rings is 1. The number of para-hydroxylation sites is 1. The topological polar surface area (TPSA) is 63.2 Å². The van der Waals surface area contributed by atoms with Crippen LogP contribution in [0.25, 0.3) is 10.2 Å². The molecular weight excluding hydrogens is 300 g/mol. The van der Waals surface area contributed by atoms with Crippen LogP contribution in [0.5, 0.6) is 5.75 Å². The van der Waals surface area contributed by atoms with Gasteiger partial charge < -0.3 is 15.4 Å². The van der Waals surface area contributed by atoms with Gasteiger partial charge in [-0.25, -0.2) is 4.98 Å². The first-order chi connectivity index (χ1) is 10.1. The molecule has 1 aliphatic rings. The van der Waals surface area contributed by atoms with Crippen molar-refractivity contribution in [3.05, 3.63) is 18.2 Å². The Labute approximate surface area is 123 Å². The molecule has 0 unspecified atom stereocenters. The van der Waals surface area contributed by atoms with Crippen LogP contribution in [-0.4, -0.2) is 30.1 Å². The summed E-state index contributed by atoms with van der Waals surface area (Å²) < 4.78 is 29.8. The van der Waals surface area contributed by atoms with Crippen molar-refractivity contribution < 1.29 is 18.3 Å². The van der Waals surface area contributed by atoms with Crippen LogP contribution in [0.4, 0.5) is 13.9 Å². The van der Waals surface area contributed by atoms with Gasteiger partial charge in [-0.3, -0.25) is 4.79 Å². The molecule has 0 saturated carbocycles. The van der Waals surface area contributed by atoms with E-state index in [9.17, 15) is 13.6 Å². The Morgan fingerprint density at radius 2 is 2.38 bits per heavy atom. The van der Waals surface area contributed by atoms with Crippen LogP contribution < -0.4 is 15.4 Å². The number of ether oxygens (including phenoxy) is 1. The number of anilines is 1. The summed E-state index contributed by atoms with van der Waals surface area (Å²) in [4.78, 5) is 16.2. The smallest absolute Gasteiger partial charge is 0.387 e. The van der Waals surface area contributed by atoms with Gasteiger partial charge in [-0.2, -0.15) is 8.78 Å². The summed E-state index contributed by atoms with van der Waals surface area (Å²) in [5.74, 6) is -0.138. The molecule has 1 saturated heterocycles. The number of fused-ring (bicyclic) bond motifs is 1. The lowest BCUT2D eigenvalue weighted by molar-refractivity contribution is -0.117. The van der Waals surface area contributed by atoms with Gasteiger partial charge in [-0.15, -0.1) is 0 Å². The average Bonchev–Trinajstić information content (AvgIpc) is 3.06. The van der Waals surface area contributed by atoms with Gasteiger partial charge >= 0.3 is 6.61 Å². The summed E-state index contributed by atoms with van der Waals surface area (Å²) in [6.07, 6.45) is 1.75. The fourth-order valence-electron chi connectivity index (χ4n) is 2.27. The normalized spacial score (nSPS) is 18.3. The van der Waals surface area contributed by atoms with E-state index in [0.717, 1.165) is 19.4 Å². The highest BCUT2D eigenvalue weighted by Gasteiger charge is 2.23. The third-order valence-corrected chi connectivity index (χ3v) is 4.14. The van der Waals surface area contributed by atoms with E-state index >= 15 is 0 Å². The quantitative estimate of drug-likeness (QED) is 0.911. The minimum absolute atomic E-state index is 0.0123. The first-order valence-corrected chi connectivity index (χ1v) is 7.34. The molecule has 1 atom stereocenters. The first kappa shape index (κ1) is 14.2. The first-order valence-electron chi connectivity index (χ1n) is 6.52. The highest BCUT2D eigenvalue weighted by Crippen LogP contribution is 2.33. The molecule has 1 aromatic carbocycles. The van der Waals surface area contributed by atoms with Gasteiger partial charge in [-0.1, -0.05) is 17.4 Å². The predicted molar refractivity (Wildman–Crippen MR) is 75.9 cm³/mol. The molecule has 1 amide bonds. The molecule has 2 aromatic rings. The van der Waals surface area contributed by atoms with E-state index in [1.54, 1.807) is 12.1 Å². The molecule has 3 rings (SSSR count). The number of benzene rings is 1. The standard InChI is InChI=1S/C13H13F2N3O2S/c14-12(15)20-8-4-1-5-9-10(8)17-13(21-9)18-11(19)7-3-2-6-16-7/h1,4-5,7,12,16H,2-3,6H2,(H,17,18,19)/t7-/m1/s1. The fourth-order valence-corrected chi connectivity index (χ4v) is 3.16. The summed E-state index contributed by atoms with van der Waals surface area (Å²) in [5, 5.41) is 6.19. The lowest BCUT2D eigenvalue weighted by Gasteiger charge is -2.08. The van der Waals surface area contributed by atoms with Crippen molar-refractivity contribution in [1.82, 2.24) is 10.3 Å². The number of nitrogens with zero attached hydrogens (tertiary/aromatic N) is 1. The van der Waals surface area contributed by atoms with Crippen molar-refractivity contribution in [3.63, 3.8) is 0 Å². The van der Waals surface area contributed by atoms with Crippen LogP contribution in [-0.2, 0) is 4.79 Å². The largest absolute Gasteiger partial charge is 0.432 e. The molecule has 21 heavy (non-hydrogen) atoms. The Balaban J connectivity index is 1.81. The fraction of sp³-hybridized carbons (Fsp3) is 0.385. The number of rotatable bonds is 4. The maximum Gasteiger partial charge on any atom is 0.387 e. The van der Waals surface area contributed by atoms with Crippen LogP contribution in [0.2, 0.25) is 0 Å². The SMILES string of the molecule is O=C(Nc1nc2c(OC(F)F)cccc2s1)[C@H]1CCCN1. The van der Waals surface area contributed by atoms with Crippen LogP contribution in [0.3, 0.4) is 0 Å². The highest BCUT2D eigenvalue weighted by molar-refractivity contribution is 7.22. The lowest BCUT2D eigenvalue weighted by atomic mass is 10.2. The molecule has 1 fully saturated rings. The van der Waals surface area contributed by atoms with Crippen LogP contribution in [0, 0.1) is 0 Å². The van der Waals surface area contributed by atoms with Crippen molar-refractivity contribution in [1.29, 1.82) is 0 Å². The number of alkyl halides is 2. The molecule has 112 valence electrons. The maximum absolute atomic E-state index is 12.3. The number of amides is 1. The minimum atomic E-state index is -2.90. The number of carbonyl (C=O) groups excluding carboxylic acids is 1. The molecule has 1 aromatic heterocycles. The number of halogens is 2. The molecule has 0 bridgehead atoms. The monoisotopic (exact) mass is 313 g/mol. The molecule has 5 nitrogen and oxygen atoms in total. The third kappa shape index (κ3) is 3.11. The second kappa shape index (κ2) is 5.90. The highest BCUT2D eigenvalue weighted by atomic mass is 32.1. The second-order valence-corrected chi connectivity index (χ2v) is 5.67. The number of nitrogens with one attached hydrogen (secondary N) is 2. The van der Waals surface area contributed by atoms with E-state index in [2.05, 4.69) is 20.4 Å². The zero-order valence-electron chi connectivity index (χ0n) is 10.9. The zero-order chi connectivity index (χ0) is 14.8. The molecule has 2 heterocycles. The zero-order valence-corrected chi connectivity index (χ0v) is 11.8. The van der Waals surface area contributed by atoms with Crippen LogP contribution in [0.15, 0.2) is 18.2 Å². The summed E-state index contributed by atoms with van der Waals surface area (Å²) in [5.41, 5.74) is 0.331. The van der Waals surface area contributed by atoms with Crippen molar-refractivity contribution in [2.45, 2.75) is 25.5 Å². The summed E-state index contributed by atoms with van der Waals surface area (Å²) >= 11 is 1.23. The predicted octanol–water partition coefficient (Wildman–Crippen LogP) is 2.59. The Kier molecular flexibility index (Phi) is 3.98. The van der Waals surface area contributed by atoms with Crippen molar-refractivity contribution in [2.75, 3.05) is 11.9 Å². The van der Waals surface area contributed by atoms with E-state index in [-0.39, 0.29) is 17.7 Å². The molecule has 0 spiro atoms. The molecule has 8 heteroatoms. The molecule has 2 N–H and O–H groups in total. The van der Waals surface area contributed by atoms with Gasteiger partial charge in [0.2, 0.25) is 5.91 Å². The van der Waals surface area contributed by atoms with E-state index in [4.69, 9.17) is 0 Å². The van der Waals surface area contributed by atoms with Crippen LogP contribution >= 0.6 is 11.3 Å². The Hall–Kier alpha value is -1.80. The van der Waals surface area contributed by atoms with E-state index < -0.39 is 6.61 Å². The van der Waals surface area contributed by atoms with Gasteiger partial charge in [0.25, 0.3) is 0 Å². The van der Waals surface area contributed by atoms with Gasteiger partial charge in [0.15, 0.2) is 10.9 Å². The summed E-state index contributed by atoms with van der Waals surface area (Å²) in [6, 6.07) is 4.57. The number of hydrogen-bond donors (Lipinski definition) is 2. The van der Waals surface area contributed by atoms with Crippen molar-refractivity contribution >= 4 is 32.6 Å². The van der Waals surface area contributed by atoms with E-state index in [1.165, 1.54) is 17.4 Å². The summed E-state index contributed by atoms with van der Waals surface area (Å²) in [6.45, 7) is -2.08. The molecule has 0 aliphatic carbocycles. The number of hydrogen-bond acceptors (Lipinski definition) is 5. The van der Waals surface area contributed by atoms with E-state index in [0.29, 0.717) is 15.3 Å². The second-order valence-electron chi connectivity index (χ2n) is 4.64. The van der Waals surface area contributed by atoms with Gasteiger partial charge in [0.05, 0.1) is 10.7 Å². The van der Waals surface area contributed by atoms with Crippen molar-refractivity contribution in [2.24, 2.45) is 0 Å². The lowest BCUT2D eigenvalue weighted by Crippen LogP contribution is -2.35. The summed E-state index contributed by atoms with van der Waals surface area (Å²) in [7, 11) is 0. The van der Waals surface area contributed by atoms with Crippen molar-refractivity contribution in [3.8, 4) is 5.75 Å². The molecule has 1 aliphatic heterocycles. The number of aromatic nitrogens is 1. The van der Waals surface area contributed by atoms with E-state index in [1.807, 2.05) is 0 Å². The third-order valence-electron chi connectivity index (χ3n) is 3.20.